The largest absolute Gasteiger partial charge is 0.507 e. The molecule has 6 nitrogen and oxygen atoms in total. The Morgan fingerprint density at radius 1 is 1.38 bits per heavy atom. The van der Waals surface area contributed by atoms with E-state index < -0.39 is 15.6 Å². The minimum absolute atomic E-state index is 0.128. The average molecular weight is 316 g/mol. The quantitative estimate of drug-likeness (QED) is 0.707. The fourth-order valence-electron chi connectivity index (χ4n) is 2.07. The van der Waals surface area contributed by atoms with Gasteiger partial charge in [-0.3, -0.25) is 0 Å². The van der Waals surface area contributed by atoms with E-state index >= 15 is 0 Å². The molecule has 0 fully saturated rings. The molecule has 1 unspecified atom stereocenters. The summed E-state index contributed by atoms with van der Waals surface area (Å²) < 4.78 is 30.2. The summed E-state index contributed by atoms with van der Waals surface area (Å²) in [4.78, 5) is 0. The van der Waals surface area contributed by atoms with E-state index in [1.807, 2.05) is 6.92 Å². The van der Waals surface area contributed by atoms with Crippen LogP contribution in [0.2, 0.25) is 0 Å². The molecule has 0 radical (unpaired) electrons. The minimum Gasteiger partial charge on any atom is -0.507 e. The first-order valence-corrected chi connectivity index (χ1v) is 8.52. The van der Waals surface area contributed by atoms with Gasteiger partial charge in [-0.15, -0.1) is 0 Å². The Morgan fingerprint density at radius 3 is 2.48 bits per heavy atom. The van der Waals surface area contributed by atoms with Crippen LogP contribution in [0.25, 0.3) is 0 Å². The van der Waals surface area contributed by atoms with Gasteiger partial charge >= 0.3 is 0 Å². The van der Waals surface area contributed by atoms with Crippen molar-refractivity contribution in [2.75, 3.05) is 19.9 Å². The maximum absolute atomic E-state index is 11.3. The second-order valence-electron chi connectivity index (χ2n) is 5.79. The number of methoxy groups -OCH3 is 1. The molecule has 1 atom stereocenters. The van der Waals surface area contributed by atoms with Crippen LogP contribution in [0.15, 0.2) is 18.2 Å². The molecule has 0 spiro atoms. The number of sulfonamides is 1. The van der Waals surface area contributed by atoms with Crippen LogP contribution >= 0.6 is 0 Å². The lowest BCUT2D eigenvalue weighted by Gasteiger charge is -2.27. The van der Waals surface area contributed by atoms with Gasteiger partial charge in [-0.25, -0.2) is 13.1 Å². The third kappa shape index (κ3) is 5.91. The molecule has 0 aliphatic carbocycles. The lowest BCUT2D eigenvalue weighted by Crippen LogP contribution is -2.50. The number of phenols is 1. The average Bonchev–Trinajstić information content (AvgIpc) is 2.33. The van der Waals surface area contributed by atoms with Crippen molar-refractivity contribution in [2.24, 2.45) is 0 Å². The van der Waals surface area contributed by atoms with Crippen LogP contribution in [-0.2, 0) is 10.0 Å². The molecule has 0 aromatic heterocycles. The van der Waals surface area contributed by atoms with E-state index in [9.17, 15) is 13.5 Å². The Kier molecular flexibility index (Phi) is 5.61. The molecule has 0 amide bonds. The van der Waals surface area contributed by atoms with Gasteiger partial charge in [0.1, 0.15) is 11.5 Å². The molecule has 21 heavy (non-hydrogen) atoms. The second kappa shape index (κ2) is 6.64. The van der Waals surface area contributed by atoms with Gasteiger partial charge < -0.3 is 15.2 Å². The number of phenolic OH excluding ortho intramolecular Hbond substituents is 1. The van der Waals surface area contributed by atoms with E-state index in [2.05, 4.69) is 10.0 Å². The number of hydrogen-bond acceptors (Lipinski definition) is 5. The van der Waals surface area contributed by atoms with E-state index in [4.69, 9.17) is 4.74 Å². The summed E-state index contributed by atoms with van der Waals surface area (Å²) in [5.41, 5.74) is 0.107. The zero-order valence-electron chi connectivity index (χ0n) is 13.1. The van der Waals surface area contributed by atoms with Gasteiger partial charge in [0.2, 0.25) is 10.0 Å². The zero-order chi connectivity index (χ0) is 16.3. The van der Waals surface area contributed by atoms with Crippen molar-refractivity contribution in [3.63, 3.8) is 0 Å². The van der Waals surface area contributed by atoms with Gasteiger partial charge in [0, 0.05) is 29.8 Å². The van der Waals surface area contributed by atoms with Crippen molar-refractivity contribution in [2.45, 2.75) is 32.4 Å². The molecular formula is C14H24N2O4S. The number of hydrogen-bond donors (Lipinski definition) is 3. The molecule has 7 heteroatoms. The molecule has 0 aliphatic heterocycles. The van der Waals surface area contributed by atoms with Gasteiger partial charge in [-0.2, -0.15) is 0 Å². The van der Waals surface area contributed by atoms with Crippen molar-refractivity contribution in [1.29, 1.82) is 0 Å². The first kappa shape index (κ1) is 17.7. The van der Waals surface area contributed by atoms with Gasteiger partial charge in [0.05, 0.1) is 13.4 Å². The summed E-state index contributed by atoms with van der Waals surface area (Å²) in [6.45, 7) is 5.91. The number of ether oxygens (including phenoxy) is 1. The number of nitrogens with one attached hydrogen (secondary N) is 2. The van der Waals surface area contributed by atoms with Crippen molar-refractivity contribution in [3.05, 3.63) is 23.8 Å². The summed E-state index contributed by atoms with van der Waals surface area (Å²) in [5, 5.41) is 13.2. The highest BCUT2D eigenvalue weighted by Gasteiger charge is 2.23. The maximum atomic E-state index is 11.3. The number of rotatable bonds is 7. The lowest BCUT2D eigenvalue weighted by atomic mass is 10.0. The Bertz CT molecular complexity index is 585. The summed E-state index contributed by atoms with van der Waals surface area (Å²) in [6.07, 6.45) is 1.13. The van der Waals surface area contributed by atoms with Crippen LogP contribution < -0.4 is 14.8 Å². The Labute approximate surface area is 126 Å². The fraction of sp³-hybridized carbons (Fsp3) is 0.571. The highest BCUT2D eigenvalue weighted by atomic mass is 32.2. The second-order valence-corrected chi connectivity index (χ2v) is 7.53. The summed E-state index contributed by atoms with van der Waals surface area (Å²) in [6, 6.07) is 4.97. The molecular weight excluding hydrogens is 292 g/mol. The molecule has 0 heterocycles. The van der Waals surface area contributed by atoms with Crippen molar-refractivity contribution in [1.82, 2.24) is 10.0 Å². The maximum Gasteiger partial charge on any atom is 0.209 e. The van der Waals surface area contributed by atoms with Crippen LogP contribution in [0.4, 0.5) is 0 Å². The van der Waals surface area contributed by atoms with Crippen LogP contribution in [0.1, 0.15) is 32.4 Å². The number of aromatic hydroxyl groups is 1. The van der Waals surface area contributed by atoms with Gasteiger partial charge in [0.15, 0.2) is 0 Å². The molecule has 3 N–H and O–H groups in total. The highest BCUT2D eigenvalue weighted by Crippen LogP contribution is 2.28. The molecule has 1 aromatic rings. The normalized spacial score (nSPS) is 14.0. The lowest BCUT2D eigenvalue weighted by molar-refractivity contribution is 0.386. The fourth-order valence-corrected chi connectivity index (χ4v) is 3.15. The van der Waals surface area contributed by atoms with Gasteiger partial charge in [0.25, 0.3) is 0 Å². The molecule has 1 rings (SSSR count). The minimum atomic E-state index is -3.27. The Morgan fingerprint density at radius 2 is 2.00 bits per heavy atom. The molecule has 0 aliphatic rings. The summed E-state index contributed by atoms with van der Waals surface area (Å²) in [5.74, 6) is 0.728. The predicted molar refractivity (Wildman–Crippen MR) is 83.1 cm³/mol. The van der Waals surface area contributed by atoms with Gasteiger partial charge in [-0.05, 0) is 26.8 Å². The topological polar surface area (TPSA) is 87.7 Å². The van der Waals surface area contributed by atoms with E-state index in [1.54, 1.807) is 32.0 Å². The first-order valence-electron chi connectivity index (χ1n) is 6.63. The third-order valence-corrected chi connectivity index (χ3v) is 3.94. The molecule has 0 saturated carbocycles. The Hall–Kier alpha value is -1.31. The van der Waals surface area contributed by atoms with E-state index in [-0.39, 0.29) is 11.8 Å². The van der Waals surface area contributed by atoms with E-state index in [0.29, 0.717) is 12.3 Å². The van der Waals surface area contributed by atoms with Gasteiger partial charge in [-0.1, -0.05) is 6.07 Å². The van der Waals surface area contributed by atoms with Crippen LogP contribution in [0, 0.1) is 0 Å². The van der Waals surface area contributed by atoms with Crippen molar-refractivity contribution >= 4 is 10.0 Å². The first-order chi connectivity index (χ1) is 9.54. The van der Waals surface area contributed by atoms with Crippen molar-refractivity contribution in [3.8, 4) is 11.5 Å². The Balaban J connectivity index is 2.71. The molecule has 0 saturated heterocycles. The molecule has 120 valence electrons. The molecule has 1 aromatic carbocycles. The van der Waals surface area contributed by atoms with E-state index in [1.165, 1.54) is 7.11 Å². The number of benzene rings is 1. The van der Waals surface area contributed by atoms with E-state index in [0.717, 1.165) is 11.8 Å². The summed E-state index contributed by atoms with van der Waals surface area (Å²) >= 11 is 0. The van der Waals surface area contributed by atoms with Crippen molar-refractivity contribution < 1.29 is 18.3 Å². The van der Waals surface area contributed by atoms with Crippen LogP contribution in [0.3, 0.4) is 0 Å². The zero-order valence-corrected chi connectivity index (χ0v) is 13.9. The molecule has 0 bridgehead atoms. The smallest absolute Gasteiger partial charge is 0.209 e. The highest BCUT2D eigenvalue weighted by molar-refractivity contribution is 7.88. The SMILES string of the molecule is COc1ccc(C(C)NCC(C)(C)NS(C)(=O)=O)c(O)c1. The predicted octanol–water partition coefficient (Wildman–Crippen LogP) is 1.38. The van der Waals surface area contributed by atoms with Crippen LogP contribution in [0.5, 0.6) is 11.5 Å². The summed E-state index contributed by atoms with van der Waals surface area (Å²) in [7, 11) is -1.73. The third-order valence-electron chi connectivity index (χ3n) is 3.02. The van der Waals surface area contributed by atoms with Crippen LogP contribution in [-0.4, -0.2) is 39.0 Å². The monoisotopic (exact) mass is 316 g/mol. The standard InChI is InChI=1S/C14H24N2O4S/c1-10(12-7-6-11(20-4)8-13(12)17)15-9-14(2,3)16-21(5,18)19/h6-8,10,15-17H,9H2,1-5H3.